The summed E-state index contributed by atoms with van der Waals surface area (Å²) >= 11 is 7.49. The van der Waals surface area contributed by atoms with Gasteiger partial charge >= 0.3 is 5.97 Å². The van der Waals surface area contributed by atoms with Crippen molar-refractivity contribution < 1.29 is 14.3 Å². The van der Waals surface area contributed by atoms with Gasteiger partial charge in [-0.25, -0.2) is 0 Å². The monoisotopic (exact) mass is 391 g/mol. The van der Waals surface area contributed by atoms with E-state index < -0.39 is 0 Å². The average Bonchev–Trinajstić information content (AvgIpc) is 2.65. The number of hydrogen-bond acceptors (Lipinski definition) is 4. The zero-order valence-corrected chi connectivity index (χ0v) is 16.2. The summed E-state index contributed by atoms with van der Waals surface area (Å²) < 4.78 is 5.03. The quantitative estimate of drug-likeness (QED) is 0.384. The molecule has 0 aliphatic carbocycles. The highest BCUT2D eigenvalue weighted by molar-refractivity contribution is 7.99. The second kappa shape index (κ2) is 10.9. The standard InChI is InChI=1S/C20H22ClNO3S/c1-15(16-6-3-2-4-7-16)22-19(23)14-25-20(24)8-5-13-26-18-11-9-17(21)10-12-18/h2-4,6-7,9-12,15H,5,8,13-14H2,1H3,(H,22,23)/t15-/m1/s1. The molecule has 2 aromatic carbocycles. The Hall–Kier alpha value is -1.98. The first-order chi connectivity index (χ1) is 12.5. The van der Waals surface area contributed by atoms with E-state index >= 15 is 0 Å². The van der Waals surface area contributed by atoms with Gasteiger partial charge in [0.2, 0.25) is 0 Å². The van der Waals surface area contributed by atoms with Gasteiger partial charge in [0.25, 0.3) is 5.91 Å². The van der Waals surface area contributed by atoms with Gasteiger partial charge in [0, 0.05) is 16.3 Å². The zero-order valence-electron chi connectivity index (χ0n) is 14.6. The lowest BCUT2D eigenvalue weighted by Crippen LogP contribution is -2.31. The maximum absolute atomic E-state index is 11.9. The number of halogens is 1. The maximum Gasteiger partial charge on any atom is 0.306 e. The van der Waals surface area contributed by atoms with Crippen LogP contribution in [0.3, 0.4) is 0 Å². The fourth-order valence-electron chi connectivity index (χ4n) is 2.26. The molecule has 6 heteroatoms. The highest BCUT2D eigenvalue weighted by Crippen LogP contribution is 2.21. The molecule has 1 atom stereocenters. The van der Waals surface area contributed by atoms with Crippen LogP contribution in [0.5, 0.6) is 0 Å². The van der Waals surface area contributed by atoms with E-state index in [1.165, 1.54) is 0 Å². The van der Waals surface area contributed by atoms with Crippen molar-refractivity contribution in [3.8, 4) is 0 Å². The molecule has 0 aliphatic rings. The first-order valence-electron chi connectivity index (χ1n) is 8.43. The van der Waals surface area contributed by atoms with E-state index in [1.54, 1.807) is 11.8 Å². The number of nitrogens with one attached hydrogen (secondary N) is 1. The van der Waals surface area contributed by atoms with Crippen molar-refractivity contribution >= 4 is 35.2 Å². The predicted octanol–water partition coefficient (Wildman–Crippen LogP) is 4.63. The number of hydrogen-bond donors (Lipinski definition) is 1. The van der Waals surface area contributed by atoms with Gasteiger partial charge in [-0.15, -0.1) is 11.8 Å². The van der Waals surface area contributed by atoms with E-state index in [-0.39, 0.29) is 24.5 Å². The molecule has 0 radical (unpaired) electrons. The van der Waals surface area contributed by atoms with Crippen LogP contribution in [0, 0.1) is 0 Å². The lowest BCUT2D eigenvalue weighted by atomic mass is 10.1. The molecule has 138 valence electrons. The van der Waals surface area contributed by atoms with Crippen LogP contribution < -0.4 is 5.32 Å². The summed E-state index contributed by atoms with van der Waals surface area (Å²) in [5, 5.41) is 3.52. The Morgan fingerprint density at radius 3 is 2.50 bits per heavy atom. The molecule has 1 N–H and O–H groups in total. The minimum atomic E-state index is -0.357. The third-order valence-electron chi connectivity index (χ3n) is 3.65. The topological polar surface area (TPSA) is 55.4 Å². The van der Waals surface area contributed by atoms with Gasteiger partial charge in [-0.1, -0.05) is 41.9 Å². The molecule has 0 saturated heterocycles. The maximum atomic E-state index is 11.9. The summed E-state index contributed by atoms with van der Waals surface area (Å²) in [5.74, 6) is 0.142. The highest BCUT2D eigenvalue weighted by atomic mass is 35.5. The van der Waals surface area contributed by atoms with Crippen LogP contribution in [0.4, 0.5) is 0 Å². The van der Waals surface area contributed by atoms with Crippen molar-refractivity contribution in [1.82, 2.24) is 5.32 Å². The van der Waals surface area contributed by atoms with Gasteiger partial charge in [0.05, 0.1) is 6.04 Å². The van der Waals surface area contributed by atoms with Gasteiger partial charge in [-0.05, 0) is 48.9 Å². The molecule has 0 aliphatic heterocycles. The summed E-state index contributed by atoms with van der Waals surface area (Å²) in [6.45, 7) is 1.64. The van der Waals surface area contributed by atoms with Crippen molar-refractivity contribution in [2.75, 3.05) is 12.4 Å². The molecule has 0 fully saturated rings. The first kappa shape index (κ1) is 20.3. The Labute approximate surface area is 163 Å². The molecule has 0 saturated carbocycles. The second-order valence-corrected chi connectivity index (χ2v) is 7.37. The molecule has 26 heavy (non-hydrogen) atoms. The smallest absolute Gasteiger partial charge is 0.306 e. The molecule has 0 spiro atoms. The summed E-state index contributed by atoms with van der Waals surface area (Å²) in [7, 11) is 0. The fraction of sp³-hybridized carbons (Fsp3) is 0.300. The number of carbonyl (C=O) groups is 2. The highest BCUT2D eigenvalue weighted by Gasteiger charge is 2.11. The van der Waals surface area contributed by atoms with Crippen molar-refractivity contribution in [3.63, 3.8) is 0 Å². The van der Waals surface area contributed by atoms with E-state index in [9.17, 15) is 9.59 Å². The van der Waals surface area contributed by atoms with Crippen LogP contribution >= 0.6 is 23.4 Å². The molecule has 0 unspecified atom stereocenters. The molecule has 0 aromatic heterocycles. The second-order valence-electron chi connectivity index (χ2n) is 5.77. The van der Waals surface area contributed by atoms with Crippen molar-refractivity contribution in [3.05, 3.63) is 65.2 Å². The molecule has 4 nitrogen and oxygen atoms in total. The average molecular weight is 392 g/mol. The number of rotatable bonds is 9. The normalized spacial score (nSPS) is 11.6. The molecule has 0 bridgehead atoms. The van der Waals surface area contributed by atoms with E-state index in [0.717, 1.165) is 16.2 Å². The summed E-state index contributed by atoms with van der Waals surface area (Å²) in [5.41, 5.74) is 1.01. The Morgan fingerprint density at radius 2 is 1.81 bits per heavy atom. The molecule has 1 amide bonds. The van der Waals surface area contributed by atoms with E-state index in [4.69, 9.17) is 16.3 Å². The van der Waals surface area contributed by atoms with E-state index in [2.05, 4.69) is 5.32 Å². The Balaban J connectivity index is 1.59. The van der Waals surface area contributed by atoms with Crippen LogP contribution in [0.25, 0.3) is 0 Å². The van der Waals surface area contributed by atoms with Gasteiger partial charge in [-0.3, -0.25) is 9.59 Å². The Morgan fingerprint density at radius 1 is 1.12 bits per heavy atom. The number of amides is 1. The fourth-order valence-corrected chi connectivity index (χ4v) is 3.24. The van der Waals surface area contributed by atoms with E-state index in [0.29, 0.717) is 17.9 Å². The van der Waals surface area contributed by atoms with Crippen LogP contribution in [0.2, 0.25) is 5.02 Å². The van der Waals surface area contributed by atoms with Crippen molar-refractivity contribution in [2.24, 2.45) is 0 Å². The van der Waals surface area contributed by atoms with Crippen LogP contribution in [-0.4, -0.2) is 24.2 Å². The van der Waals surface area contributed by atoms with Gasteiger partial charge < -0.3 is 10.1 Å². The molecule has 0 heterocycles. The molecular formula is C20H22ClNO3S. The Kier molecular flexibility index (Phi) is 8.51. The van der Waals surface area contributed by atoms with Crippen LogP contribution in [0.15, 0.2) is 59.5 Å². The lowest BCUT2D eigenvalue weighted by Gasteiger charge is -2.14. The summed E-state index contributed by atoms with van der Waals surface area (Å²) in [6, 6.07) is 17.1. The van der Waals surface area contributed by atoms with Gasteiger partial charge in [0.15, 0.2) is 6.61 Å². The first-order valence-corrected chi connectivity index (χ1v) is 9.79. The van der Waals surface area contributed by atoms with Gasteiger partial charge in [0.1, 0.15) is 0 Å². The van der Waals surface area contributed by atoms with Crippen molar-refractivity contribution in [2.45, 2.75) is 30.7 Å². The van der Waals surface area contributed by atoms with Crippen LogP contribution in [0.1, 0.15) is 31.4 Å². The zero-order chi connectivity index (χ0) is 18.8. The summed E-state index contributed by atoms with van der Waals surface area (Å²) in [4.78, 5) is 24.7. The third-order valence-corrected chi connectivity index (χ3v) is 5.00. The van der Waals surface area contributed by atoms with Crippen LogP contribution in [-0.2, 0) is 14.3 Å². The van der Waals surface area contributed by atoms with Crippen molar-refractivity contribution in [1.29, 1.82) is 0 Å². The van der Waals surface area contributed by atoms with E-state index in [1.807, 2.05) is 61.5 Å². The minimum Gasteiger partial charge on any atom is -0.456 e. The number of thioether (sulfide) groups is 1. The predicted molar refractivity (Wildman–Crippen MR) is 105 cm³/mol. The summed E-state index contributed by atoms with van der Waals surface area (Å²) in [6.07, 6.45) is 0.982. The largest absolute Gasteiger partial charge is 0.456 e. The number of ether oxygens (including phenoxy) is 1. The lowest BCUT2D eigenvalue weighted by molar-refractivity contribution is -0.148. The third kappa shape index (κ3) is 7.50. The minimum absolute atomic E-state index is 0.127. The number of benzene rings is 2. The van der Waals surface area contributed by atoms with Gasteiger partial charge in [-0.2, -0.15) is 0 Å². The molecular weight excluding hydrogens is 370 g/mol. The molecule has 2 aromatic rings. The number of carbonyl (C=O) groups excluding carboxylic acids is 2. The Bertz CT molecular complexity index is 707. The number of esters is 1. The SMILES string of the molecule is C[C@@H](NC(=O)COC(=O)CCCSc1ccc(Cl)cc1)c1ccccc1. The molecule has 2 rings (SSSR count).